The van der Waals surface area contributed by atoms with E-state index in [1.165, 1.54) is 19.2 Å². The summed E-state index contributed by atoms with van der Waals surface area (Å²) in [5.74, 6) is -0.703. The number of hydrogen-bond acceptors (Lipinski definition) is 5. The molecule has 0 aliphatic rings. The largest absolute Gasteiger partial charge is 0.495 e. The molecular weight excluding hydrogens is 372 g/mol. The topological polar surface area (TPSA) is 96.9 Å². The maximum absolute atomic E-state index is 12.2. The SMILES string of the molecule is COCc1cc(NC(=O)CCNc2cc(Cl)ccc2OC)cc(C(=O)O)c1. The lowest BCUT2D eigenvalue weighted by molar-refractivity contribution is -0.115. The van der Waals surface area contributed by atoms with E-state index in [1.807, 2.05) is 0 Å². The Kier molecular flexibility index (Phi) is 7.45. The summed E-state index contributed by atoms with van der Waals surface area (Å²) in [5.41, 5.74) is 1.84. The maximum atomic E-state index is 12.2. The second-order valence-corrected chi connectivity index (χ2v) is 6.16. The molecule has 0 unspecified atom stereocenters. The summed E-state index contributed by atoms with van der Waals surface area (Å²) in [6.07, 6.45) is 0.173. The number of methoxy groups -OCH3 is 2. The van der Waals surface area contributed by atoms with Crippen LogP contribution >= 0.6 is 11.6 Å². The fourth-order valence-electron chi connectivity index (χ4n) is 2.49. The van der Waals surface area contributed by atoms with E-state index < -0.39 is 5.97 Å². The molecule has 27 heavy (non-hydrogen) atoms. The monoisotopic (exact) mass is 392 g/mol. The molecule has 0 saturated heterocycles. The van der Waals surface area contributed by atoms with Gasteiger partial charge in [-0.25, -0.2) is 4.79 Å². The van der Waals surface area contributed by atoms with Gasteiger partial charge < -0.3 is 25.2 Å². The van der Waals surface area contributed by atoms with Crippen LogP contribution in [0, 0.1) is 0 Å². The number of rotatable bonds is 9. The second kappa shape index (κ2) is 9.80. The molecule has 1 amide bonds. The van der Waals surface area contributed by atoms with Crippen LogP contribution in [0.3, 0.4) is 0 Å². The Hall–Kier alpha value is -2.77. The van der Waals surface area contributed by atoms with Gasteiger partial charge in [0.15, 0.2) is 0 Å². The van der Waals surface area contributed by atoms with Crippen molar-refractivity contribution in [2.24, 2.45) is 0 Å². The minimum absolute atomic E-state index is 0.0849. The Labute approximate surface area is 162 Å². The normalized spacial score (nSPS) is 10.3. The Bertz CT molecular complexity index is 826. The molecule has 0 aliphatic carbocycles. The average Bonchev–Trinajstić information content (AvgIpc) is 2.62. The van der Waals surface area contributed by atoms with Crippen LogP contribution in [0.5, 0.6) is 5.75 Å². The number of carboxylic acid groups (broad SMARTS) is 1. The number of halogens is 1. The molecule has 8 heteroatoms. The van der Waals surface area contributed by atoms with Gasteiger partial charge in [0.25, 0.3) is 0 Å². The minimum atomic E-state index is -1.07. The van der Waals surface area contributed by atoms with Crippen molar-refractivity contribution in [2.45, 2.75) is 13.0 Å². The van der Waals surface area contributed by atoms with Gasteiger partial charge in [0.2, 0.25) is 5.91 Å². The van der Waals surface area contributed by atoms with E-state index >= 15 is 0 Å². The fourth-order valence-corrected chi connectivity index (χ4v) is 2.66. The molecule has 2 aromatic carbocycles. The molecular formula is C19H21ClN2O5. The highest BCUT2D eigenvalue weighted by molar-refractivity contribution is 6.30. The molecule has 0 aliphatic heterocycles. The molecule has 7 nitrogen and oxygen atoms in total. The van der Waals surface area contributed by atoms with Crippen molar-refractivity contribution >= 4 is 34.9 Å². The third-order valence-corrected chi connectivity index (χ3v) is 3.90. The van der Waals surface area contributed by atoms with Gasteiger partial charge in [-0.3, -0.25) is 4.79 Å². The van der Waals surface area contributed by atoms with Gasteiger partial charge in [-0.05, 0) is 42.0 Å². The van der Waals surface area contributed by atoms with Crippen molar-refractivity contribution in [3.8, 4) is 5.75 Å². The number of carbonyl (C=O) groups is 2. The van der Waals surface area contributed by atoms with E-state index in [0.29, 0.717) is 34.3 Å². The molecule has 0 bridgehead atoms. The van der Waals surface area contributed by atoms with Gasteiger partial charge in [-0.1, -0.05) is 11.6 Å². The summed E-state index contributed by atoms with van der Waals surface area (Å²) in [4.78, 5) is 23.4. The van der Waals surface area contributed by atoms with Crippen molar-refractivity contribution in [3.63, 3.8) is 0 Å². The van der Waals surface area contributed by atoms with E-state index in [1.54, 1.807) is 31.4 Å². The van der Waals surface area contributed by atoms with E-state index in [-0.39, 0.29) is 24.5 Å². The number of amides is 1. The highest BCUT2D eigenvalue weighted by Crippen LogP contribution is 2.27. The summed E-state index contributed by atoms with van der Waals surface area (Å²) >= 11 is 5.97. The highest BCUT2D eigenvalue weighted by Gasteiger charge is 2.10. The summed E-state index contributed by atoms with van der Waals surface area (Å²) in [7, 11) is 3.07. The highest BCUT2D eigenvalue weighted by atomic mass is 35.5. The number of nitrogens with one attached hydrogen (secondary N) is 2. The van der Waals surface area contributed by atoms with Crippen LogP contribution < -0.4 is 15.4 Å². The molecule has 2 rings (SSSR count). The van der Waals surface area contributed by atoms with Gasteiger partial charge in [-0.2, -0.15) is 0 Å². The van der Waals surface area contributed by atoms with E-state index in [4.69, 9.17) is 21.1 Å². The number of anilines is 2. The molecule has 0 atom stereocenters. The number of benzene rings is 2. The summed E-state index contributed by atoms with van der Waals surface area (Å²) in [6, 6.07) is 9.76. The van der Waals surface area contributed by atoms with Gasteiger partial charge >= 0.3 is 5.97 Å². The quantitative estimate of drug-likeness (QED) is 0.603. The fraction of sp³-hybridized carbons (Fsp3) is 0.263. The first-order valence-electron chi connectivity index (χ1n) is 8.16. The van der Waals surface area contributed by atoms with E-state index in [9.17, 15) is 14.7 Å². The first-order valence-corrected chi connectivity index (χ1v) is 8.54. The standard InChI is InChI=1S/C19H21ClN2O5/c1-26-11-12-7-13(19(24)25)9-15(8-12)22-18(23)5-6-21-16-10-14(20)3-4-17(16)27-2/h3-4,7-10,21H,5-6,11H2,1-2H3,(H,22,23)(H,24,25). The van der Waals surface area contributed by atoms with Gasteiger partial charge in [0.1, 0.15) is 5.75 Å². The molecule has 3 N–H and O–H groups in total. The molecule has 0 aromatic heterocycles. The Balaban J connectivity index is 1.98. The van der Waals surface area contributed by atoms with Gasteiger partial charge in [-0.15, -0.1) is 0 Å². The number of carbonyl (C=O) groups excluding carboxylic acids is 1. The zero-order valence-corrected chi connectivity index (χ0v) is 15.8. The third-order valence-electron chi connectivity index (χ3n) is 3.66. The van der Waals surface area contributed by atoms with Gasteiger partial charge in [0, 0.05) is 30.8 Å². The average molecular weight is 393 g/mol. The van der Waals surface area contributed by atoms with Crippen LogP contribution in [-0.2, 0) is 16.1 Å². The molecule has 0 saturated carbocycles. The minimum Gasteiger partial charge on any atom is -0.495 e. The zero-order valence-electron chi connectivity index (χ0n) is 15.0. The number of ether oxygens (including phenoxy) is 2. The van der Waals surface area contributed by atoms with E-state index in [2.05, 4.69) is 10.6 Å². The first kappa shape index (κ1) is 20.5. The van der Waals surface area contributed by atoms with Crippen molar-refractivity contribution in [1.82, 2.24) is 0 Å². The third kappa shape index (κ3) is 6.16. The Morgan fingerprint density at radius 2 is 1.93 bits per heavy atom. The molecule has 2 aromatic rings. The molecule has 0 heterocycles. The maximum Gasteiger partial charge on any atom is 0.335 e. The van der Waals surface area contributed by atoms with Gasteiger partial charge in [0.05, 0.1) is 25.0 Å². The Morgan fingerprint density at radius 1 is 1.15 bits per heavy atom. The summed E-state index contributed by atoms with van der Waals surface area (Å²) in [6.45, 7) is 0.603. The molecule has 144 valence electrons. The lowest BCUT2D eigenvalue weighted by Gasteiger charge is -2.12. The van der Waals surface area contributed by atoms with Crippen LogP contribution in [0.25, 0.3) is 0 Å². The van der Waals surface area contributed by atoms with Crippen LogP contribution in [0.4, 0.5) is 11.4 Å². The predicted molar refractivity (Wildman–Crippen MR) is 104 cm³/mol. The molecule has 0 radical (unpaired) electrons. The zero-order chi connectivity index (χ0) is 19.8. The van der Waals surface area contributed by atoms with Crippen LogP contribution in [-0.4, -0.2) is 37.7 Å². The number of carboxylic acids is 1. The smallest absolute Gasteiger partial charge is 0.335 e. The van der Waals surface area contributed by atoms with Crippen LogP contribution in [0.1, 0.15) is 22.3 Å². The lowest BCUT2D eigenvalue weighted by atomic mass is 10.1. The van der Waals surface area contributed by atoms with E-state index in [0.717, 1.165) is 0 Å². The second-order valence-electron chi connectivity index (χ2n) is 5.73. The van der Waals surface area contributed by atoms with Crippen LogP contribution in [0.2, 0.25) is 5.02 Å². The Morgan fingerprint density at radius 3 is 2.59 bits per heavy atom. The van der Waals surface area contributed by atoms with Crippen molar-refractivity contribution in [3.05, 3.63) is 52.5 Å². The summed E-state index contributed by atoms with van der Waals surface area (Å²) in [5, 5.41) is 15.5. The van der Waals surface area contributed by atoms with Crippen molar-refractivity contribution in [2.75, 3.05) is 31.4 Å². The number of aromatic carboxylic acids is 1. The van der Waals surface area contributed by atoms with Crippen LogP contribution in [0.15, 0.2) is 36.4 Å². The summed E-state index contributed by atoms with van der Waals surface area (Å²) < 4.78 is 10.3. The first-order chi connectivity index (χ1) is 12.9. The number of hydrogen-bond donors (Lipinski definition) is 3. The van der Waals surface area contributed by atoms with Crippen molar-refractivity contribution < 1.29 is 24.2 Å². The molecule has 0 spiro atoms. The molecule has 0 fully saturated rings. The predicted octanol–water partition coefficient (Wildman–Crippen LogP) is 3.63. The van der Waals surface area contributed by atoms with Crippen molar-refractivity contribution in [1.29, 1.82) is 0 Å². The lowest BCUT2D eigenvalue weighted by Crippen LogP contribution is -2.17.